The average molecular weight is 453 g/mol. The quantitative estimate of drug-likeness (QED) is 0.446. The first kappa shape index (κ1) is 21.0. The first-order valence-electron chi connectivity index (χ1n) is 9.46. The van der Waals surface area contributed by atoms with E-state index in [4.69, 9.17) is 0 Å². The van der Waals surface area contributed by atoms with Gasteiger partial charge in [-0.1, -0.05) is 36.4 Å². The van der Waals surface area contributed by atoms with E-state index in [0.717, 1.165) is 10.4 Å². The van der Waals surface area contributed by atoms with Crippen molar-refractivity contribution >= 4 is 33.0 Å². The number of nitrogens with one attached hydrogen (secondary N) is 2. The molecule has 0 aliphatic heterocycles. The molecule has 1 amide bonds. The Bertz CT molecular complexity index is 1280. The van der Waals surface area contributed by atoms with Crippen LogP contribution in [-0.2, 0) is 16.6 Å². The van der Waals surface area contributed by atoms with E-state index < -0.39 is 10.0 Å². The molecule has 2 aromatic heterocycles. The predicted octanol–water partition coefficient (Wildman–Crippen LogP) is 3.82. The highest BCUT2D eigenvalue weighted by Crippen LogP contribution is 2.28. The van der Waals surface area contributed by atoms with Gasteiger partial charge in [-0.2, -0.15) is 5.10 Å². The van der Waals surface area contributed by atoms with Crippen molar-refractivity contribution in [2.75, 3.05) is 12.4 Å². The van der Waals surface area contributed by atoms with Gasteiger partial charge in [0.15, 0.2) is 0 Å². The lowest BCUT2D eigenvalue weighted by Crippen LogP contribution is -2.18. The zero-order valence-electron chi connectivity index (χ0n) is 16.6. The van der Waals surface area contributed by atoms with E-state index in [1.165, 1.54) is 30.5 Å². The lowest BCUT2D eigenvalue weighted by Gasteiger charge is -2.07. The number of aromatic nitrogens is 2. The topological polar surface area (TPSA) is 93.1 Å². The molecular formula is C22H20N4O3S2. The first-order valence-corrected chi connectivity index (χ1v) is 11.8. The van der Waals surface area contributed by atoms with E-state index >= 15 is 0 Å². The maximum atomic E-state index is 13.0. The Kier molecular flexibility index (Phi) is 5.99. The third-order valence-corrected chi connectivity index (χ3v) is 6.95. The van der Waals surface area contributed by atoms with Crippen LogP contribution in [0.5, 0.6) is 0 Å². The highest BCUT2D eigenvalue weighted by Gasteiger charge is 2.19. The first-order chi connectivity index (χ1) is 15.0. The number of thiophene rings is 1. The molecule has 0 saturated carbocycles. The molecule has 0 atom stereocenters. The van der Waals surface area contributed by atoms with Crippen molar-refractivity contribution in [1.82, 2.24) is 14.5 Å². The second-order valence-electron chi connectivity index (χ2n) is 6.74. The molecule has 7 nitrogen and oxygen atoms in total. The number of anilines is 1. The van der Waals surface area contributed by atoms with Gasteiger partial charge in [0.05, 0.1) is 21.9 Å². The average Bonchev–Trinajstić information content (AvgIpc) is 3.45. The standard InChI is InChI=1S/C22H20N4O3S2/c1-23-31(28,29)18-11-9-17(10-12-18)24-22(27)19-15-26(14-16-6-3-2-4-7-16)25-21(19)20-8-5-13-30-20/h2-13,15,23H,14H2,1H3,(H,24,27). The van der Waals surface area contributed by atoms with Gasteiger partial charge in [0.25, 0.3) is 5.91 Å². The zero-order chi connectivity index (χ0) is 21.8. The summed E-state index contributed by atoms with van der Waals surface area (Å²) in [5, 5.41) is 9.42. The molecule has 4 aromatic rings. The minimum Gasteiger partial charge on any atom is -0.322 e. The Morgan fingerprint density at radius 3 is 2.42 bits per heavy atom. The number of rotatable bonds is 7. The summed E-state index contributed by atoms with van der Waals surface area (Å²) in [6.07, 6.45) is 1.73. The van der Waals surface area contributed by atoms with E-state index in [1.807, 2.05) is 47.8 Å². The fourth-order valence-corrected chi connectivity index (χ4v) is 4.52. The van der Waals surface area contributed by atoms with Crippen LogP contribution in [-0.4, -0.2) is 31.2 Å². The summed E-state index contributed by atoms with van der Waals surface area (Å²) in [5.74, 6) is -0.313. The van der Waals surface area contributed by atoms with Crippen LogP contribution < -0.4 is 10.0 Å². The van der Waals surface area contributed by atoms with E-state index in [-0.39, 0.29) is 10.8 Å². The molecule has 0 unspecified atom stereocenters. The predicted molar refractivity (Wildman–Crippen MR) is 122 cm³/mol. The maximum absolute atomic E-state index is 13.0. The van der Waals surface area contributed by atoms with Gasteiger partial charge in [-0.15, -0.1) is 11.3 Å². The van der Waals surface area contributed by atoms with Crippen LogP contribution in [0.4, 0.5) is 5.69 Å². The Labute approximate surface area is 184 Å². The van der Waals surface area contributed by atoms with Crippen LogP contribution >= 0.6 is 11.3 Å². The fraction of sp³-hybridized carbons (Fsp3) is 0.0909. The summed E-state index contributed by atoms with van der Waals surface area (Å²) in [6.45, 7) is 0.545. The number of sulfonamides is 1. The number of amides is 1. The van der Waals surface area contributed by atoms with Crippen LogP contribution in [0.25, 0.3) is 10.6 Å². The maximum Gasteiger partial charge on any atom is 0.259 e. The highest BCUT2D eigenvalue weighted by molar-refractivity contribution is 7.89. The lowest BCUT2D eigenvalue weighted by atomic mass is 10.2. The zero-order valence-corrected chi connectivity index (χ0v) is 18.3. The Morgan fingerprint density at radius 2 is 1.77 bits per heavy atom. The van der Waals surface area contributed by atoms with Crippen molar-refractivity contribution in [3.8, 4) is 10.6 Å². The minimum absolute atomic E-state index is 0.128. The van der Waals surface area contributed by atoms with Crippen molar-refractivity contribution in [3.05, 3.63) is 89.4 Å². The third-order valence-electron chi connectivity index (χ3n) is 4.64. The summed E-state index contributed by atoms with van der Waals surface area (Å²) < 4.78 is 27.8. The molecule has 0 spiro atoms. The van der Waals surface area contributed by atoms with Gasteiger partial charge in [-0.3, -0.25) is 9.48 Å². The largest absolute Gasteiger partial charge is 0.322 e. The molecule has 0 bridgehead atoms. The molecule has 0 radical (unpaired) electrons. The van der Waals surface area contributed by atoms with Crippen LogP contribution in [0, 0.1) is 0 Å². The van der Waals surface area contributed by atoms with Gasteiger partial charge < -0.3 is 5.32 Å². The molecule has 0 fully saturated rings. The van der Waals surface area contributed by atoms with Gasteiger partial charge in [0.2, 0.25) is 10.0 Å². The highest BCUT2D eigenvalue weighted by atomic mass is 32.2. The summed E-state index contributed by atoms with van der Waals surface area (Å²) in [7, 11) is -2.18. The summed E-state index contributed by atoms with van der Waals surface area (Å²) >= 11 is 1.51. The van der Waals surface area contributed by atoms with Crippen LogP contribution in [0.2, 0.25) is 0 Å². The molecule has 2 aromatic carbocycles. The monoisotopic (exact) mass is 452 g/mol. The molecule has 0 aliphatic carbocycles. The van der Waals surface area contributed by atoms with Crippen LogP contribution in [0.3, 0.4) is 0 Å². The van der Waals surface area contributed by atoms with E-state index in [1.54, 1.807) is 23.0 Å². The second-order valence-corrected chi connectivity index (χ2v) is 9.57. The molecule has 2 heterocycles. The van der Waals surface area contributed by atoms with Crippen molar-refractivity contribution in [3.63, 3.8) is 0 Å². The van der Waals surface area contributed by atoms with E-state index in [0.29, 0.717) is 23.5 Å². The number of hydrogen-bond acceptors (Lipinski definition) is 5. The van der Waals surface area contributed by atoms with Gasteiger partial charge in [-0.25, -0.2) is 13.1 Å². The second kappa shape index (κ2) is 8.84. The smallest absolute Gasteiger partial charge is 0.259 e. The normalized spacial score (nSPS) is 11.4. The van der Waals surface area contributed by atoms with Gasteiger partial charge in [0.1, 0.15) is 5.69 Å². The number of carbonyl (C=O) groups excluding carboxylic acids is 1. The molecular weight excluding hydrogens is 432 g/mol. The molecule has 2 N–H and O–H groups in total. The SMILES string of the molecule is CNS(=O)(=O)c1ccc(NC(=O)c2cn(Cc3ccccc3)nc2-c2cccs2)cc1. The Morgan fingerprint density at radius 1 is 1.03 bits per heavy atom. The summed E-state index contributed by atoms with van der Waals surface area (Å²) in [5.41, 5.74) is 2.63. The van der Waals surface area contributed by atoms with Crippen LogP contribution in [0.15, 0.2) is 83.2 Å². The summed E-state index contributed by atoms with van der Waals surface area (Å²) in [6, 6.07) is 19.7. The van der Waals surface area contributed by atoms with Crippen molar-refractivity contribution < 1.29 is 13.2 Å². The molecule has 31 heavy (non-hydrogen) atoms. The number of carbonyl (C=O) groups is 1. The molecule has 9 heteroatoms. The van der Waals surface area contributed by atoms with Crippen molar-refractivity contribution in [1.29, 1.82) is 0 Å². The van der Waals surface area contributed by atoms with Crippen molar-refractivity contribution in [2.45, 2.75) is 11.4 Å². The number of benzene rings is 2. The van der Waals surface area contributed by atoms with Gasteiger partial charge in [0, 0.05) is 11.9 Å². The van der Waals surface area contributed by atoms with Crippen LogP contribution in [0.1, 0.15) is 15.9 Å². The van der Waals surface area contributed by atoms with E-state index in [2.05, 4.69) is 15.1 Å². The third kappa shape index (κ3) is 4.74. The van der Waals surface area contributed by atoms with E-state index in [9.17, 15) is 13.2 Å². The fourth-order valence-electron chi connectivity index (χ4n) is 3.07. The molecule has 158 valence electrons. The lowest BCUT2D eigenvalue weighted by molar-refractivity contribution is 0.102. The number of nitrogens with zero attached hydrogens (tertiary/aromatic N) is 2. The Hall–Kier alpha value is -3.27. The van der Waals surface area contributed by atoms with Gasteiger partial charge in [-0.05, 0) is 48.3 Å². The van der Waals surface area contributed by atoms with Crippen molar-refractivity contribution in [2.24, 2.45) is 0 Å². The molecule has 4 rings (SSSR count). The summed E-state index contributed by atoms with van der Waals surface area (Å²) in [4.78, 5) is 14.1. The minimum atomic E-state index is -3.53. The molecule has 0 saturated heterocycles. The number of hydrogen-bond donors (Lipinski definition) is 2. The molecule has 0 aliphatic rings. The van der Waals surface area contributed by atoms with Gasteiger partial charge >= 0.3 is 0 Å². The Balaban J connectivity index is 1.61.